The normalized spacial score (nSPS) is 17.2. The van der Waals surface area contributed by atoms with Gasteiger partial charge in [-0.05, 0) is 63.0 Å². The highest BCUT2D eigenvalue weighted by Gasteiger charge is 2.29. The molecule has 10 heteroatoms. The van der Waals surface area contributed by atoms with Crippen molar-refractivity contribution in [2.24, 2.45) is 5.73 Å². The lowest BCUT2D eigenvalue weighted by atomic mass is 9.95. The number of likely N-dealkylation sites (tertiary alicyclic amines) is 1. The molecule has 4 heterocycles. The molecule has 0 aliphatic carbocycles. The van der Waals surface area contributed by atoms with Gasteiger partial charge in [-0.2, -0.15) is 0 Å². The molecule has 2 saturated heterocycles. The van der Waals surface area contributed by atoms with Crippen LogP contribution in [0.5, 0.6) is 0 Å². The van der Waals surface area contributed by atoms with Crippen LogP contribution in [-0.2, 0) is 6.54 Å². The molecule has 0 radical (unpaired) electrons. The van der Waals surface area contributed by atoms with Crippen LogP contribution in [-0.4, -0.2) is 63.0 Å². The topological polar surface area (TPSA) is 119 Å². The van der Waals surface area contributed by atoms with Crippen molar-refractivity contribution in [2.45, 2.75) is 38.1 Å². The van der Waals surface area contributed by atoms with Crippen LogP contribution < -0.4 is 16.4 Å². The van der Waals surface area contributed by atoms with Gasteiger partial charge in [-0.3, -0.25) is 4.79 Å². The van der Waals surface area contributed by atoms with E-state index in [1.165, 1.54) is 31.3 Å². The highest BCUT2D eigenvalue weighted by atomic mass is 19.1. The molecule has 0 atom stereocenters. The Hall–Kier alpha value is -3.53. The molecule has 0 saturated carbocycles. The number of carbonyl (C=O) groups excluding carboxylic acids is 1. The SMILES string of the molecule is NC(=O)c1c(N)ncnc1N1CCC(c2nc(-c3ccc(F)cc3)cn2CCN2CCCC2)CC1. The second kappa shape index (κ2) is 9.99. The number of hydrogen-bond acceptors (Lipinski definition) is 7. The Bertz CT molecular complexity index is 1180. The van der Waals surface area contributed by atoms with Crippen LogP contribution in [0.4, 0.5) is 16.0 Å². The molecule has 0 spiro atoms. The molecule has 1 aromatic carbocycles. The van der Waals surface area contributed by atoms with Crippen molar-refractivity contribution in [3.63, 3.8) is 0 Å². The van der Waals surface area contributed by atoms with E-state index in [4.69, 9.17) is 16.5 Å². The van der Waals surface area contributed by atoms with Gasteiger partial charge in [-0.1, -0.05) is 0 Å². The van der Waals surface area contributed by atoms with Gasteiger partial charge in [-0.25, -0.2) is 19.3 Å². The number of primary amides is 1. The number of nitrogens with zero attached hydrogens (tertiary/aromatic N) is 6. The number of piperidine rings is 1. The minimum atomic E-state index is -0.624. The van der Waals surface area contributed by atoms with Crippen LogP contribution >= 0.6 is 0 Å². The third-order valence-corrected chi connectivity index (χ3v) is 7.07. The van der Waals surface area contributed by atoms with Crippen molar-refractivity contribution >= 4 is 17.5 Å². The first-order valence-electron chi connectivity index (χ1n) is 12.2. The molecule has 1 amide bonds. The van der Waals surface area contributed by atoms with Gasteiger partial charge in [0, 0.05) is 43.9 Å². The van der Waals surface area contributed by atoms with Crippen molar-refractivity contribution in [2.75, 3.05) is 43.4 Å². The number of rotatable bonds is 7. The Morgan fingerprint density at radius 3 is 2.43 bits per heavy atom. The van der Waals surface area contributed by atoms with Gasteiger partial charge in [0.1, 0.15) is 35.2 Å². The van der Waals surface area contributed by atoms with E-state index in [1.807, 2.05) is 4.90 Å². The van der Waals surface area contributed by atoms with Gasteiger partial charge in [0.2, 0.25) is 0 Å². The zero-order valence-corrected chi connectivity index (χ0v) is 19.7. The molecular formula is C25H31FN8O. The Kier molecular flexibility index (Phi) is 6.63. The molecule has 2 fully saturated rings. The molecule has 2 aliphatic heterocycles. The minimum Gasteiger partial charge on any atom is -0.383 e. The number of amides is 1. The molecule has 9 nitrogen and oxygen atoms in total. The molecule has 0 bridgehead atoms. The quantitative estimate of drug-likeness (QED) is 0.536. The third kappa shape index (κ3) is 4.97. The van der Waals surface area contributed by atoms with E-state index in [-0.39, 0.29) is 23.1 Å². The van der Waals surface area contributed by atoms with Crippen molar-refractivity contribution < 1.29 is 9.18 Å². The van der Waals surface area contributed by atoms with Crippen molar-refractivity contribution in [3.8, 4) is 11.3 Å². The molecule has 3 aromatic rings. The van der Waals surface area contributed by atoms with Crippen LogP contribution in [0.1, 0.15) is 47.8 Å². The summed E-state index contributed by atoms with van der Waals surface area (Å²) in [5.41, 5.74) is 13.4. The average molecular weight is 479 g/mol. The number of nitrogen functional groups attached to an aromatic ring is 1. The Labute approximate surface area is 204 Å². The number of hydrogen-bond donors (Lipinski definition) is 2. The van der Waals surface area contributed by atoms with E-state index in [9.17, 15) is 9.18 Å². The minimum absolute atomic E-state index is 0.103. The maximum absolute atomic E-state index is 13.5. The molecule has 2 aromatic heterocycles. The van der Waals surface area contributed by atoms with E-state index in [0.29, 0.717) is 18.9 Å². The molecule has 5 rings (SSSR count). The molecule has 0 unspecified atom stereocenters. The first-order valence-corrected chi connectivity index (χ1v) is 12.2. The average Bonchev–Trinajstić information content (AvgIpc) is 3.53. The second-order valence-electron chi connectivity index (χ2n) is 9.32. The van der Waals surface area contributed by atoms with E-state index < -0.39 is 5.91 Å². The lowest BCUT2D eigenvalue weighted by Gasteiger charge is -2.33. The van der Waals surface area contributed by atoms with Crippen LogP contribution in [0, 0.1) is 5.82 Å². The van der Waals surface area contributed by atoms with Gasteiger partial charge in [-0.15, -0.1) is 0 Å². The summed E-state index contributed by atoms with van der Waals surface area (Å²) < 4.78 is 15.7. The van der Waals surface area contributed by atoms with E-state index >= 15 is 0 Å². The number of benzene rings is 1. The number of nitrogens with two attached hydrogens (primary N) is 2. The summed E-state index contributed by atoms with van der Waals surface area (Å²) in [6.07, 6.45) is 7.69. The highest BCUT2D eigenvalue weighted by Crippen LogP contribution is 2.33. The van der Waals surface area contributed by atoms with Crippen molar-refractivity contribution in [3.05, 3.63) is 54.0 Å². The molecule has 184 valence electrons. The van der Waals surface area contributed by atoms with Crippen molar-refractivity contribution in [1.82, 2.24) is 24.4 Å². The molecule has 4 N–H and O–H groups in total. The predicted octanol–water partition coefficient (Wildman–Crippen LogP) is 2.64. The zero-order chi connectivity index (χ0) is 24.4. The number of imidazole rings is 1. The standard InChI is InChI=1S/C25H31FN8O/c26-19-5-3-17(4-6-19)20-15-34(14-13-32-9-1-2-10-32)24(31-20)18-7-11-33(12-8-18)25-21(23(28)35)22(27)29-16-30-25/h3-6,15-16,18H,1-2,7-14H2,(H2,28,35)(H2,27,29,30). The Morgan fingerprint density at radius 1 is 1.03 bits per heavy atom. The number of halogens is 1. The summed E-state index contributed by atoms with van der Waals surface area (Å²) in [5.74, 6) is 1.03. The lowest BCUT2D eigenvalue weighted by Crippen LogP contribution is -2.36. The summed E-state index contributed by atoms with van der Waals surface area (Å²) >= 11 is 0. The van der Waals surface area contributed by atoms with Crippen LogP contribution in [0.2, 0.25) is 0 Å². The van der Waals surface area contributed by atoms with E-state index in [0.717, 1.165) is 56.1 Å². The van der Waals surface area contributed by atoms with E-state index in [1.54, 1.807) is 12.1 Å². The summed E-state index contributed by atoms with van der Waals surface area (Å²) in [4.78, 5) is 29.7. The summed E-state index contributed by atoms with van der Waals surface area (Å²) in [6.45, 7) is 5.57. The maximum Gasteiger partial charge on any atom is 0.256 e. The maximum atomic E-state index is 13.5. The summed E-state index contributed by atoms with van der Waals surface area (Å²) in [5, 5.41) is 0. The first-order chi connectivity index (χ1) is 17.0. The van der Waals surface area contributed by atoms with E-state index in [2.05, 4.69) is 25.6 Å². The summed E-state index contributed by atoms with van der Waals surface area (Å²) in [7, 11) is 0. The van der Waals surface area contributed by atoms with Gasteiger partial charge >= 0.3 is 0 Å². The fourth-order valence-electron chi connectivity index (χ4n) is 5.17. The number of anilines is 2. The molecule has 35 heavy (non-hydrogen) atoms. The smallest absolute Gasteiger partial charge is 0.256 e. The molecular weight excluding hydrogens is 447 g/mol. The van der Waals surface area contributed by atoms with Gasteiger partial charge < -0.3 is 25.8 Å². The lowest BCUT2D eigenvalue weighted by molar-refractivity contribution is 0.100. The Morgan fingerprint density at radius 2 is 1.74 bits per heavy atom. The highest BCUT2D eigenvalue weighted by molar-refractivity contribution is 6.01. The van der Waals surface area contributed by atoms with Crippen molar-refractivity contribution in [1.29, 1.82) is 0 Å². The van der Waals surface area contributed by atoms with Gasteiger partial charge in [0.05, 0.1) is 5.69 Å². The zero-order valence-electron chi connectivity index (χ0n) is 19.7. The number of carbonyl (C=O) groups is 1. The van der Waals surface area contributed by atoms with Crippen LogP contribution in [0.3, 0.4) is 0 Å². The summed E-state index contributed by atoms with van der Waals surface area (Å²) in [6, 6.07) is 6.50. The Balaban J connectivity index is 1.36. The van der Waals surface area contributed by atoms with Crippen LogP contribution in [0.25, 0.3) is 11.3 Å². The fourth-order valence-corrected chi connectivity index (χ4v) is 5.17. The number of aromatic nitrogens is 4. The monoisotopic (exact) mass is 478 g/mol. The second-order valence-corrected chi connectivity index (χ2v) is 9.32. The first kappa shape index (κ1) is 23.2. The fraction of sp³-hybridized carbons (Fsp3) is 0.440. The van der Waals surface area contributed by atoms with Gasteiger partial charge in [0.25, 0.3) is 5.91 Å². The molecule has 2 aliphatic rings. The third-order valence-electron chi connectivity index (χ3n) is 7.07. The predicted molar refractivity (Wildman–Crippen MR) is 132 cm³/mol. The largest absolute Gasteiger partial charge is 0.383 e. The van der Waals surface area contributed by atoms with Crippen LogP contribution in [0.15, 0.2) is 36.8 Å². The van der Waals surface area contributed by atoms with Gasteiger partial charge in [0.15, 0.2) is 0 Å².